The van der Waals surface area contributed by atoms with Gasteiger partial charge in [-0.3, -0.25) is 4.79 Å². The van der Waals surface area contributed by atoms with E-state index in [4.69, 9.17) is 4.74 Å². The van der Waals surface area contributed by atoms with Gasteiger partial charge in [0.15, 0.2) is 0 Å². The van der Waals surface area contributed by atoms with Crippen molar-refractivity contribution < 1.29 is 24.2 Å². The molecule has 3 atom stereocenters. The number of fused-ring (bicyclic) bond motifs is 4. The van der Waals surface area contributed by atoms with Crippen molar-refractivity contribution in [1.82, 2.24) is 10.2 Å². The molecule has 0 unspecified atom stereocenters. The molecule has 2 aromatic carbocycles. The molecule has 2 N–H and O–H groups in total. The van der Waals surface area contributed by atoms with Gasteiger partial charge in [0, 0.05) is 12.0 Å². The molecule has 7 nitrogen and oxygen atoms in total. The monoisotopic (exact) mass is 434 g/mol. The molecule has 2 saturated heterocycles. The molecule has 0 saturated carbocycles. The minimum atomic E-state index is -0.984. The van der Waals surface area contributed by atoms with Crippen LogP contribution >= 0.6 is 0 Å². The summed E-state index contributed by atoms with van der Waals surface area (Å²) in [7, 11) is 0. The van der Waals surface area contributed by atoms with Crippen molar-refractivity contribution in [3.05, 3.63) is 59.7 Å². The summed E-state index contributed by atoms with van der Waals surface area (Å²) >= 11 is 0. The van der Waals surface area contributed by atoms with Crippen molar-refractivity contribution in [2.24, 2.45) is 0 Å². The quantitative estimate of drug-likeness (QED) is 0.768. The van der Waals surface area contributed by atoms with Crippen LogP contribution in [-0.4, -0.2) is 52.7 Å². The molecule has 2 fully saturated rings. The maximum absolute atomic E-state index is 13.1. The van der Waals surface area contributed by atoms with Gasteiger partial charge in [0.05, 0.1) is 0 Å². The molecule has 2 heterocycles. The lowest BCUT2D eigenvalue weighted by molar-refractivity contribution is -0.150. The molecule has 2 aliphatic heterocycles. The molecule has 5 rings (SSSR count). The van der Waals surface area contributed by atoms with Gasteiger partial charge in [-0.25, -0.2) is 9.59 Å². The Morgan fingerprint density at radius 2 is 1.62 bits per heavy atom. The number of benzene rings is 2. The van der Waals surface area contributed by atoms with Gasteiger partial charge in [-0.15, -0.1) is 0 Å². The summed E-state index contributed by atoms with van der Waals surface area (Å²) in [5, 5.41) is 12.2. The van der Waals surface area contributed by atoms with Crippen LogP contribution in [0.4, 0.5) is 4.79 Å². The van der Waals surface area contributed by atoms with E-state index < -0.39 is 24.1 Å². The van der Waals surface area contributed by atoms with Gasteiger partial charge in [-0.05, 0) is 54.4 Å². The van der Waals surface area contributed by atoms with Gasteiger partial charge >= 0.3 is 12.1 Å². The van der Waals surface area contributed by atoms with Crippen LogP contribution in [0.25, 0.3) is 11.1 Å². The predicted octanol–water partition coefficient (Wildman–Crippen LogP) is 3.52. The molecule has 32 heavy (non-hydrogen) atoms. The van der Waals surface area contributed by atoms with E-state index in [1.165, 1.54) is 4.90 Å². The van der Waals surface area contributed by atoms with Crippen molar-refractivity contribution in [1.29, 1.82) is 0 Å². The summed E-state index contributed by atoms with van der Waals surface area (Å²) in [5.41, 5.74) is 4.54. The highest BCUT2D eigenvalue weighted by Gasteiger charge is 2.45. The molecule has 0 aromatic heterocycles. The van der Waals surface area contributed by atoms with Gasteiger partial charge in [0.25, 0.3) is 0 Å². The fourth-order valence-electron chi connectivity index (χ4n) is 5.52. The molecule has 2 aromatic rings. The third kappa shape index (κ3) is 3.51. The lowest BCUT2D eigenvalue weighted by Gasteiger charge is -2.29. The predicted molar refractivity (Wildman–Crippen MR) is 117 cm³/mol. The standard InChI is InChI=1S/C25H26N2O5/c28-23-21(11-5-6-15-12-13-22(24(29)30)27(15)23)26-25(31)32-14-20-18-9-3-1-7-16(18)17-8-2-4-10-19(17)20/h1-4,7-10,15,20-22H,5-6,11-14H2,(H,26,31)(H,29,30)/t15-,21+,22-/m0/s1. The number of nitrogens with one attached hydrogen (secondary N) is 1. The Kier molecular flexibility index (Phi) is 5.33. The van der Waals surface area contributed by atoms with Gasteiger partial charge in [-0.1, -0.05) is 48.5 Å². The third-order valence-electron chi connectivity index (χ3n) is 7.01. The fourth-order valence-corrected chi connectivity index (χ4v) is 5.52. The molecule has 0 spiro atoms. The van der Waals surface area contributed by atoms with Crippen molar-refractivity contribution in [2.75, 3.05) is 6.61 Å². The molecular formula is C25H26N2O5. The lowest BCUT2D eigenvalue weighted by atomic mass is 9.98. The zero-order valence-electron chi connectivity index (χ0n) is 17.7. The van der Waals surface area contributed by atoms with E-state index >= 15 is 0 Å². The zero-order valence-corrected chi connectivity index (χ0v) is 17.7. The summed E-state index contributed by atoms with van der Waals surface area (Å²) in [5.74, 6) is -1.36. The fraction of sp³-hybridized carbons (Fsp3) is 0.400. The molecule has 7 heteroatoms. The number of amides is 2. The summed E-state index contributed by atoms with van der Waals surface area (Å²) in [6.45, 7) is 0.171. The molecule has 3 aliphatic rings. The second-order valence-electron chi connectivity index (χ2n) is 8.78. The minimum Gasteiger partial charge on any atom is -0.480 e. The Hall–Kier alpha value is -3.35. The van der Waals surface area contributed by atoms with E-state index in [2.05, 4.69) is 29.6 Å². The Morgan fingerprint density at radius 1 is 0.969 bits per heavy atom. The Bertz CT molecular complexity index is 1020. The second-order valence-corrected chi connectivity index (χ2v) is 8.78. The Labute approximate surface area is 186 Å². The highest BCUT2D eigenvalue weighted by Crippen LogP contribution is 2.44. The van der Waals surface area contributed by atoms with E-state index in [-0.39, 0.29) is 24.5 Å². The van der Waals surface area contributed by atoms with Gasteiger partial charge in [0.1, 0.15) is 18.7 Å². The summed E-state index contributed by atoms with van der Waals surface area (Å²) in [6, 6.07) is 14.6. The number of rotatable bonds is 4. The van der Waals surface area contributed by atoms with Crippen LogP contribution in [0.1, 0.15) is 49.1 Å². The third-order valence-corrected chi connectivity index (χ3v) is 7.01. The number of carbonyl (C=O) groups is 3. The van der Waals surface area contributed by atoms with E-state index in [1.54, 1.807) is 0 Å². The van der Waals surface area contributed by atoms with Crippen LogP contribution in [0.2, 0.25) is 0 Å². The summed E-state index contributed by atoms with van der Waals surface area (Å²) in [6.07, 6.45) is 2.52. The van der Waals surface area contributed by atoms with Crippen molar-refractivity contribution in [3.8, 4) is 11.1 Å². The SMILES string of the molecule is O=C(N[C@@H]1CCC[C@H]2CC[C@@H](C(=O)O)N2C1=O)OCC1c2ccccc2-c2ccccc21. The molecular weight excluding hydrogens is 408 g/mol. The van der Waals surface area contributed by atoms with Gasteiger partial charge in [-0.2, -0.15) is 0 Å². The van der Waals surface area contributed by atoms with E-state index in [0.29, 0.717) is 19.3 Å². The maximum Gasteiger partial charge on any atom is 0.407 e. The van der Waals surface area contributed by atoms with Crippen LogP contribution in [0, 0.1) is 0 Å². The molecule has 1 aliphatic carbocycles. The Morgan fingerprint density at radius 3 is 2.28 bits per heavy atom. The van der Waals surface area contributed by atoms with Crippen LogP contribution in [0.5, 0.6) is 0 Å². The van der Waals surface area contributed by atoms with Crippen molar-refractivity contribution >= 4 is 18.0 Å². The van der Waals surface area contributed by atoms with E-state index in [0.717, 1.165) is 35.1 Å². The number of hydrogen-bond donors (Lipinski definition) is 2. The Balaban J connectivity index is 1.26. The van der Waals surface area contributed by atoms with Gasteiger partial charge in [0.2, 0.25) is 5.91 Å². The topological polar surface area (TPSA) is 95.9 Å². The molecule has 166 valence electrons. The second kappa shape index (κ2) is 8.30. The van der Waals surface area contributed by atoms with Gasteiger partial charge < -0.3 is 20.1 Å². The maximum atomic E-state index is 13.1. The number of hydrogen-bond acceptors (Lipinski definition) is 4. The average Bonchev–Trinajstić information content (AvgIpc) is 3.32. The summed E-state index contributed by atoms with van der Waals surface area (Å²) in [4.78, 5) is 38.8. The number of ether oxygens (including phenoxy) is 1. The highest BCUT2D eigenvalue weighted by molar-refractivity contribution is 5.90. The molecule has 0 bridgehead atoms. The van der Waals surface area contributed by atoms with Crippen LogP contribution in [0.15, 0.2) is 48.5 Å². The van der Waals surface area contributed by atoms with E-state index in [1.807, 2.05) is 24.3 Å². The number of carbonyl (C=O) groups excluding carboxylic acids is 2. The smallest absolute Gasteiger partial charge is 0.407 e. The van der Waals surface area contributed by atoms with Crippen LogP contribution in [-0.2, 0) is 14.3 Å². The largest absolute Gasteiger partial charge is 0.480 e. The minimum absolute atomic E-state index is 0.0575. The molecule has 0 radical (unpaired) electrons. The van der Waals surface area contributed by atoms with Crippen molar-refractivity contribution in [3.63, 3.8) is 0 Å². The molecule has 2 amide bonds. The first kappa shape index (κ1) is 20.5. The number of carboxylic acid groups (broad SMARTS) is 1. The first-order valence-electron chi connectivity index (χ1n) is 11.2. The number of alkyl carbamates (subject to hydrolysis) is 1. The highest BCUT2D eigenvalue weighted by atomic mass is 16.5. The normalized spacial score (nSPS) is 24.3. The van der Waals surface area contributed by atoms with Crippen molar-refractivity contribution in [2.45, 2.75) is 56.1 Å². The average molecular weight is 434 g/mol. The zero-order chi connectivity index (χ0) is 22.2. The van der Waals surface area contributed by atoms with Crippen LogP contribution in [0.3, 0.4) is 0 Å². The number of carboxylic acids is 1. The number of nitrogens with zero attached hydrogens (tertiary/aromatic N) is 1. The first-order valence-corrected chi connectivity index (χ1v) is 11.2. The first-order chi connectivity index (χ1) is 15.5. The lowest BCUT2D eigenvalue weighted by Crippen LogP contribution is -2.52. The number of aliphatic carboxylic acids is 1. The summed E-state index contributed by atoms with van der Waals surface area (Å²) < 4.78 is 5.58. The van der Waals surface area contributed by atoms with E-state index in [9.17, 15) is 19.5 Å². The van der Waals surface area contributed by atoms with Crippen LogP contribution < -0.4 is 5.32 Å².